The first-order valence-electron chi connectivity index (χ1n) is 17.2. The molecule has 0 saturated carbocycles. The molecule has 0 aliphatic carbocycles. The normalized spacial score (nSPS) is 13.4. The van der Waals surface area contributed by atoms with E-state index in [1.54, 1.807) is 24.2 Å². The third kappa shape index (κ3) is 10.2. The Morgan fingerprint density at radius 2 is 1.66 bits per heavy atom. The third-order valence-corrected chi connectivity index (χ3v) is 9.18. The fourth-order valence-corrected chi connectivity index (χ4v) is 5.76. The first kappa shape index (κ1) is 38.9. The molecular formula is C39H43ClFN9O3. The highest BCUT2D eigenvalue weighted by molar-refractivity contribution is 6.31. The van der Waals surface area contributed by atoms with Crippen molar-refractivity contribution in [3.05, 3.63) is 95.0 Å². The van der Waals surface area contributed by atoms with Gasteiger partial charge in [0.15, 0.2) is 11.5 Å². The zero-order valence-electron chi connectivity index (χ0n) is 30.6. The number of hydrogen-bond acceptors (Lipinski definition) is 11. The van der Waals surface area contributed by atoms with Crippen LogP contribution in [0.1, 0.15) is 50.8 Å². The summed E-state index contributed by atoms with van der Waals surface area (Å²) in [4.78, 5) is 15.0. The number of morpholine rings is 1. The number of aromatic nitrogens is 5. The van der Waals surface area contributed by atoms with Gasteiger partial charge in [-0.3, -0.25) is 4.90 Å². The Labute approximate surface area is 314 Å². The summed E-state index contributed by atoms with van der Waals surface area (Å²) in [6.45, 7) is 13.1. The summed E-state index contributed by atoms with van der Waals surface area (Å²) >= 11 is 5.90. The van der Waals surface area contributed by atoms with Crippen LogP contribution in [0.5, 0.6) is 11.5 Å². The van der Waals surface area contributed by atoms with Crippen molar-refractivity contribution in [2.24, 2.45) is 0 Å². The molecule has 3 heterocycles. The number of hydrogen-bond donors (Lipinski definition) is 1. The minimum Gasteiger partial charge on any atom is -0.493 e. The molecule has 14 heteroatoms. The zero-order chi connectivity index (χ0) is 38.0. The minimum atomic E-state index is -0.612. The van der Waals surface area contributed by atoms with Crippen molar-refractivity contribution in [3.8, 4) is 23.6 Å². The maximum absolute atomic E-state index is 13.5. The van der Waals surface area contributed by atoms with Crippen molar-refractivity contribution in [2.75, 3.05) is 51.9 Å². The van der Waals surface area contributed by atoms with Gasteiger partial charge in [-0.2, -0.15) is 15.6 Å². The van der Waals surface area contributed by atoms with Gasteiger partial charge in [-0.25, -0.2) is 24.0 Å². The number of halogens is 2. The molecule has 0 unspecified atom stereocenters. The summed E-state index contributed by atoms with van der Waals surface area (Å²) in [5.74, 6) is 1.31. The molecule has 1 fully saturated rings. The molecule has 1 aliphatic rings. The van der Waals surface area contributed by atoms with Crippen LogP contribution in [0.15, 0.2) is 67.5 Å². The Bertz CT molecular complexity index is 2040. The zero-order valence-corrected chi connectivity index (χ0v) is 31.3. The summed E-state index contributed by atoms with van der Waals surface area (Å²) in [7, 11) is 1.60. The van der Waals surface area contributed by atoms with Crippen molar-refractivity contribution in [1.29, 1.82) is 10.5 Å². The summed E-state index contributed by atoms with van der Waals surface area (Å²) in [5.41, 5.74) is 2.91. The molecule has 0 atom stereocenters. The van der Waals surface area contributed by atoms with Gasteiger partial charge in [-0.05, 0) is 75.1 Å². The predicted octanol–water partition coefficient (Wildman–Crippen LogP) is 7.20. The quantitative estimate of drug-likeness (QED) is 0.130. The van der Waals surface area contributed by atoms with Crippen molar-refractivity contribution in [2.45, 2.75) is 51.5 Å². The van der Waals surface area contributed by atoms with Gasteiger partial charge in [0.2, 0.25) is 0 Å². The van der Waals surface area contributed by atoms with Gasteiger partial charge in [0.05, 0.1) is 67.0 Å². The second-order valence-electron chi connectivity index (χ2n) is 13.6. The highest BCUT2D eigenvalue weighted by Gasteiger charge is 2.26. The van der Waals surface area contributed by atoms with Gasteiger partial charge < -0.3 is 19.5 Å². The lowest BCUT2D eigenvalue weighted by atomic mass is 9.79. The summed E-state index contributed by atoms with van der Waals surface area (Å²) in [6, 6.07) is 18.7. The molecule has 276 valence electrons. The molecule has 0 bridgehead atoms. The van der Waals surface area contributed by atoms with Crippen LogP contribution in [0.3, 0.4) is 0 Å². The topological polar surface area (TPSA) is 147 Å². The molecule has 3 aromatic carbocycles. The van der Waals surface area contributed by atoms with E-state index in [-0.39, 0.29) is 5.02 Å². The summed E-state index contributed by atoms with van der Waals surface area (Å²) in [5, 5.41) is 26.9. The smallest absolute Gasteiger partial charge is 0.162 e. The van der Waals surface area contributed by atoms with Gasteiger partial charge >= 0.3 is 0 Å². The molecule has 0 spiro atoms. The van der Waals surface area contributed by atoms with E-state index in [2.05, 4.69) is 42.4 Å². The van der Waals surface area contributed by atoms with Gasteiger partial charge in [0, 0.05) is 36.8 Å². The Hall–Kier alpha value is -5.34. The Morgan fingerprint density at radius 1 is 0.943 bits per heavy atom. The molecule has 1 saturated heterocycles. The van der Waals surface area contributed by atoms with Gasteiger partial charge in [-0.1, -0.05) is 29.8 Å². The molecule has 0 radical (unpaired) electrons. The maximum atomic E-state index is 13.5. The molecule has 53 heavy (non-hydrogen) atoms. The van der Waals surface area contributed by atoms with E-state index in [9.17, 15) is 14.9 Å². The van der Waals surface area contributed by atoms with Crippen LogP contribution in [0, 0.1) is 28.5 Å². The van der Waals surface area contributed by atoms with Crippen LogP contribution in [0.4, 0.5) is 15.9 Å². The summed E-state index contributed by atoms with van der Waals surface area (Å²) in [6.07, 6.45) is 5.49. The molecule has 1 N–H and O–H groups in total. The number of benzene rings is 3. The standard InChI is InChI=1S/C22H24ClFN4O3.C17H19N5/c1-29-20-13-19-16(12-21(20)31-8-2-5-28-6-9-30-10-7-28)22(26-14-25-19)27-15-3-4-18(24)17(23)11-15;1-16(2,9-18)14-5-13(8-22-12-20-11-21-22)6-15(7-14)17(3,4)10-19/h3-4,11-14H,2,5-10H2,1H3,(H,25,26,27);5-7,11-12H,8H2,1-4H3. The van der Waals surface area contributed by atoms with Crippen LogP contribution in [0.2, 0.25) is 5.02 Å². The number of rotatable bonds is 12. The molecule has 2 aromatic heterocycles. The molecule has 6 rings (SSSR count). The van der Waals surface area contributed by atoms with Crippen LogP contribution >= 0.6 is 11.6 Å². The van der Waals surface area contributed by atoms with Gasteiger partial charge in [-0.15, -0.1) is 0 Å². The lowest BCUT2D eigenvalue weighted by Crippen LogP contribution is -2.37. The number of nitrogens with one attached hydrogen (secondary N) is 1. The van der Waals surface area contributed by atoms with E-state index in [1.165, 1.54) is 24.8 Å². The second-order valence-corrected chi connectivity index (χ2v) is 14.0. The van der Waals surface area contributed by atoms with E-state index in [0.717, 1.165) is 61.3 Å². The Balaban J connectivity index is 0.000000217. The van der Waals surface area contributed by atoms with E-state index in [1.807, 2.05) is 58.0 Å². The first-order valence-corrected chi connectivity index (χ1v) is 17.6. The lowest BCUT2D eigenvalue weighted by Gasteiger charge is -2.26. The average Bonchev–Trinajstić information content (AvgIpc) is 3.68. The Kier molecular flexibility index (Phi) is 12.8. The Morgan fingerprint density at radius 3 is 2.28 bits per heavy atom. The van der Waals surface area contributed by atoms with Crippen molar-refractivity contribution < 1.29 is 18.6 Å². The second kappa shape index (κ2) is 17.5. The molecule has 5 aromatic rings. The fourth-order valence-electron chi connectivity index (χ4n) is 5.58. The maximum Gasteiger partial charge on any atom is 0.162 e. The predicted molar refractivity (Wildman–Crippen MR) is 201 cm³/mol. The SMILES string of the molecule is CC(C)(C#N)c1cc(Cn2cncn2)cc(C(C)(C)C#N)c1.COc1cc2ncnc(Nc3ccc(F)c(Cl)c3)c2cc1OCCCN1CCOCC1. The van der Waals surface area contributed by atoms with Gasteiger partial charge in [0.25, 0.3) is 0 Å². The minimum absolute atomic E-state index is 0.0364. The number of nitriles is 2. The van der Waals surface area contributed by atoms with Crippen molar-refractivity contribution in [1.82, 2.24) is 29.6 Å². The van der Waals surface area contributed by atoms with E-state index in [4.69, 9.17) is 25.8 Å². The monoisotopic (exact) mass is 739 g/mol. The molecule has 0 amide bonds. The number of nitrogens with zero attached hydrogens (tertiary/aromatic N) is 8. The number of methoxy groups -OCH3 is 1. The first-order chi connectivity index (χ1) is 25.4. The van der Waals surface area contributed by atoms with E-state index in [0.29, 0.717) is 41.7 Å². The average molecular weight is 740 g/mol. The van der Waals surface area contributed by atoms with Crippen LogP contribution in [-0.2, 0) is 22.1 Å². The van der Waals surface area contributed by atoms with E-state index >= 15 is 0 Å². The van der Waals surface area contributed by atoms with Gasteiger partial charge in [0.1, 0.15) is 30.6 Å². The highest BCUT2D eigenvalue weighted by Crippen LogP contribution is 2.35. The highest BCUT2D eigenvalue weighted by atomic mass is 35.5. The largest absolute Gasteiger partial charge is 0.493 e. The third-order valence-electron chi connectivity index (χ3n) is 8.89. The van der Waals surface area contributed by atoms with E-state index < -0.39 is 16.6 Å². The van der Waals surface area contributed by atoms with Crippen LogP contribution in [-0.4, -0.2) is 76.2 Å². The van der Waals surface area contributed by atoms with Crippen molar-refractivity contribution in [3.63, 3.8) is 0 Å². The van der Waals surface area contributed by atoms with Crippen LogP contribution < -0.4 is 14.8 Å². The van der Waals surface area contributed by atoms with Crippen molar-refractivity contribution >= 4 is 34.0 Å². The summed E-state index contributed by atoms with van der Waals surface area (Å²) < 4.78 is 32.1. The fraction of sp³-hybridized carbons (Fsp3) is 0.385. The number of fused-ring (bicyclic) bond motifs is 1. The number of anilines is 2. The molecule has 12 nitrogen and oxygen atoms in total. The number of ether oxygens (including phenoxy) is 3. The molecule has 1 aliphatic heterocycles. The van der Waals surface area contributed by atoms with Crippen LogP contribution in [0.25, 0.3) is 10.9 Å². The lowest BCUT2D eigenvalue weighted by molar-refractivity contribution is 0.0357. The molecular weight excluding hydrogens is 697 g/mol.